The van der Waals surface area contributed by atoms with E-state index in [1.165, 1.54) is 22.0 Å². The molecule has 0 atom stereocenters. The molecule has 0 saturated carbocycles. The highest BCUT2D eigenvalue weighted by Gasteiger charge is 2.12. The largest absolute Gasteiger partial charge is 0.378 e. The van der Waals surface area contributed by atoms with Gasteiger partial charge in [-0.25, -0.2) is 9.67 Å². The average molecular weight is 386 g/mol. The van der Waals surface area contributed by atoms with Gasteiger partial charge >= 0.3 is 0 Å². The van der Waals surface area contributed by atoms with Gasteiger partial charge in [-0.2, -0.15) is 5.10 Å². The van der Waals surface area contributed by atoms with Crippen LogP contribution in [0.2, 0.25) is 0 Å². The average Bonchev–Trinajstić information content (AvgIpc) is 3.07. The molecule has 148 valence electrons. The Kier molecular flexibility index (Phi) is 5.32. The number of hydrogen-bond acceptors (Lipinski definition) is 4. The topological polar surface area (TPSA) is 37.2 Å². The zero-order valence-corrected chi connectivity index (χ0v) is 17.5. The highest BCUT2D eigenvalue weighted by Crippen LogP contribution is 2.24. The van der Waals surface area contributed by atoms with E-state index in [-0.39, 0.29) is 0 Å². The van der Waals surface area contributed by atoms with Crippen LogP contribution in [0.1, 0.15) is 11.4 Å². The molecule has 0 fully saturated rings. The van der Waals surface area contributed by atoms with Gasteiger partial charge < -0.3 is 4.90 Å². The third kappa shape index (κ3) is 4.30. The Morgan fingerprint density at radius 3 is 2.31 bits per heavy atom. The van der Waals surface area contributed by atoms with Crippen LogP contribution in [0, 0.1) is 6.92 Å². The minimum Gasteiger partial charge on any atom is -0.378 e. The third-order valence-corrected chi connectivity index (χ3v) is 5.07. The molecular formula is C24H27N5. The predicted octanol–water partition coefficient (Wildman–Crippen LogP) is 4.56. The molecule has 1 heterocycles. The lowest BCUT2D eigenvalue weighted by molar-refractivity contribution is 0.247. The van der Waals surface area contributed by atoms with Crippen LogP contribution < -0.4 is 4.90 Å². The van der Waals surface area contributed by atoms with Gasteiger partial charge in [0.25, 0.3) is 0 Å². The van der Waals surface area contributed by atoms with Gasteiger partial charge in [0, 0.05) is 31.9 Å². The zero-order chi connectivity index (χ0) is 20.4. The van der Waals surface area contributed by atoms with Crippen molar-refractivity contribution in [2.24, 2.45) is 0 Å². The molecular weight excluding hydrogens is 358 g/mol. The van der Waals surface area contributed by atoms with Crippen LogP contribution in [0.4, 0.5) is 5.69 Å². The Morgan fingerprint density at radius 1 is 0.862 bits per heavy atom. The van der Waals surface area contributed by atoms with Gasteiger partial charge in [-0.3, -0.25) is 4.90 Å². The summed E-state index contributed by atoms with van der Waals surface area (Å²) in [7, 11) is 6.23. The van der Waals surface area contributed by atoms with E-state index in [0.717, 1.165) is 23.8 Å². The van der Waals surface area contributed by atoms with Crippen LogP contribution in [0.25, 0.3) is 22.2 Å². The van der Waals surface area contributed by atoms with Gasteiger partial charge in [-0.1, -0.05) is 48.5 Å². The summed E-state index contributed by atoms with van der Waals surface area (Å²) in [6, 6.07) is 23.5. The fourth-order valence-electron chi connectivity index (χ4n) is 3.59. The molecule has 0 unspecified atom stereocenters. The standard InChI is InChI=1S/C24H27N5/c1-18-25-24(22-12-11-20-7-5-6-8-21(20)15-22)29(26-18)17-28(4)16-19-9-13-23(14-10-19)27(2)3/h5-15H,16-17H2,1-4H3. The van der Waals surface area contributed by atoms with Crippen molar-refractivity contribution in [3.8, 4) is 11.4 Å². The lowest BCUT2D eigenvalue weighted by Gasteiger charge is -2.19. The Morgan fingerprint density at radius 2 is 1.59 bits per heavy atom. The van der Waals surface area contributed by atoms with Crippen molar-refractivity contribution in [2.75, 3.05) is 26.0 Å². The molecule has 0 N–H and O–H groups in total. The van der Waals surface area contributed by atoms with Gasteiger partial charge in [0.2, 0.25) is 0 Å². The van der Waals surface area contributed by atoms with E-state index in [0.29, 0.717) is 6.67 Å². The molecule has 4 aromatic rings. The maximum atomic E-state index is 4.70. The third-order valence-electron chi connectivity index (χ3n) is 5.07. The molecule has 0 bridgehead atoms. The summed E-state index contributed by atoms with van der Waals surface area (Å²) in [5, 5.41) is 7.09. The van der Waals surface area contributed by atoms with Gasteiger partial charge in [0.1, 0.15) is 5.82 Å². The first-order valence-electron chi connectivity index (χ1n) is 9.85. The van der Waals surface area contributed by atoms with Crippen LogP contribution in [-0.4, -0.2) is 40.8 Å². The molecule has 4 rings (SSSR count). The minimum atomic E-state index is 0.679. The second kappa shape index (κ2) is 8.05. The number of nitrogens with zero attached hydrogens (tertiary/aromatic N) is 5. The van der Waals surface area contributed by atoms with Crippen LogP contribution >= 0.6 is 0 Å². The Bertz CT molecular complexity index is 1110. The second-order valence-electron chi connectivity index (χ2n) is 7.76. The quantitative estimate of drug-likeness (QED) is 0.487. The normalized spacial score (nSPS) is 11.3. The van der Waals surface area contributed by atoms with Crippen molar-refractivity contribution >= 4 is 16.5 Å². The van der Waals surface area contributed by atoms with E-state index >= 15 is 0 Å². The van der Waals surface area contributed by atoms with Crippen LogP contribution in [0.5, 0.6) is 0 Å². The highest BCUT2D eigenvalue weighted by molar-refractivity contribution is 5.86. The summed E-state index contributed by atoms with van der Waals surface area (Å²) < 4.78 is 1.99. The van der Waals surface area contributed by atoms with Gasteiger partial charge in [-0.05, 0) is 48.5 Å². The molecule has 3 aromatic carbocycles. The molecule has 1 aromatic heterocycles. The van der Waals surface area contributed by atoms with E-state index in [1.807, 2.05) is 11.6 Å². The van der Waals surface area contributed by atoms with E-state index in [2.05, 4.69) is 103 Å². The van der Waals surface area contributed by atoms with Crippen molar-refractivity contribution in [2.45, 2.75) is 20.1 Å². The van der Waals surface area contributed by atoms with E-state index in [9.17, 15) is 0 Å². The first-order chi connectivity index (χ1) is 14.0. The van der Waals surface area contributed by atoms with E-state index in [1.54, 1.807) is 0 Å². The van der Waals surface area contributed by atoms with Gasteiger partial charge in [-0.15, -0.1) is 0 Å². The molecule has 0 aliphatic heterocycles. The molecule has 0 saturated heterocycles. The summed E-state index contributed by atoms with van der Waals surface area (Å²) in [6.07, 6.45) is 0. The number of benzene rings is 3. The summed E-state index contributed by atoms with van der Waals surface area (Å²) in [6.45, 7) is 3.48. The first-order valence-corrected chi connectivity index (χ1v) is 9.85. The fraction of sp³-hybridized carbons (Fsp3) is 0.250. The molecule has 0 spiro atoms. The van der Waals surface area contributed by atoms with Crippen LogP contribution in [0.15, 0.2) is 66.7 Å². The fourth-order valence-corrected chi connectivity index (χ4v) is 3.59. The predicted molar refractivity (Wildman–Crippen MR) is 120 cm³/mol. The lowest BCUT2D eigenvalue weighted by Crippen LogP contribution is -2.23. The van der Waals surface area contributed by atoms with Crippen molar-refractivity contribution in [3.63, 3.8) is 0 Å². The number of rotatable bonds is 6. The number of hydrogen-bond donors (Lipinski definition) is 0. The maximum Gasteiger partial charge on any atom is 0.159 e. The van der Waals surface area contributed by atoms with Crippen molar-refractivity contribution < 1.29 is 0 Å². The number of aryl methyl sites for hydroxylation is 1. The SMILES string of the molecule is Cc1nc(-c2ccc3ccccc3c2)n(CN(C)Cc2ccc(N(C)C)cc2)n1. The molecule has 0 amide bonds. The monoisotopic (exact) mass is 385 g/mol. The zero-order valence-electron chi connectivity index (χ0n) is 17.5. The minimum absolute atomic E-state index is 0.679. The number of fused-ring (bicyclic) bond motifs is 1. The Balaban J connectivity index is 1.54. The van der Waals surface area contributed by atoms with Gasteiger partial charge in [0.15, 0.2) is 5.82 Å². The molecule has 29 heavy (non-hydrogen) atoms. The van der Waals surface area contributed by atoms with E-state index < -0.39 is 0 Å². The van der Waals surface area contributed by atoms with E-state index in [4.69, 9.17) is 4.98 Å². The first kappa shape index (κ1) is 19.2. The molecule has 0 aliphatic carbocycles. The summed E-state index contributed by atoms with van der Waals surface area (Å²) in [5.41, 5.74) is 3.58. The number of anilines is 1. The Hall–Kier alpha value is -3.18. The summed E-state index contributed by atoms with van der Waals surface area (Å²) in [5.74, 6) is 1.69. The summed E-state index contributed by atoms with van der Waals surface area (Å²) in [4.78, 5) is 9.06. The van der Waals surface area contributed by atoms with Crippen molar-refractivity contribution in [3.05, 3.63) is 78.1 Å². The molecule has 5 nitrogen and oxygen atoms in total. The van der Waals surface area contributed by atoms with Crippen molar-refractivity contribution in [1.82, 2.24) is 19.7 Å². The maximum absolute atomic E-state index is 4.70. The Labute approximate surface area is 172 Å². The smallest absolute Gasteiger partial charge is 0.159 e. The number of aromatic nitrogens is 3. The lowest BCUT2D eigenvalue weighted by atomic mass is 10.1. The molecule has 0 aliphatic rings. The molecule has 0 radical (unpaired) electrons. The van der Waals surface area contributed by atoms with Crippen LogP contribution in [0.3, 0.4) is 0 Å². The highest BCUT2D eigenvalue weighted by atomic mass is 15.4. The second-order valence-corrected chi connectivity index (χ2v) is 7.76. The van der Waals surface area contributed by atoms with Crippen molar-refractivity contribution in [1.29, 1.82) is 0 Å². The van der Waals surface area contributed by atoms with Gasteiger partial charge in [0.05, 0.1) is 6.67 Å². The molecule has 5 heteroatoms. The summed E-state index contributed by atoms with van der Waals surface area (Å²) >= 11 is 0. The van der Waals surface area contributed by atoms with Crippen LogP contribution in [-0.2, 0) is 13.2 Å².